The second kappa shape index (κ2) is 5.63. The Hall–Kier alpha value is -0.530. The largest absolute Gasteiger partial charge is 0.313 e. The van der Waals surface area contributed by atoms with Gasteiger partial charge < -0.3 is 5.32 Å². The molecule has 1 saturated heterocycles. The molecule has 0 amide bonds. The summed E-state index contributed by atoms with van der Waals surface area (Å²) in [5, 5.41) is 4.68. The highest BCUT2D eigenvalue weighted by atomic mass is 35.5. The highest BCUT2D eigenvalue weighted by Crippen LogP contribution is 2.36. The van der Waals surface area contributed by atoms with Gasteiger partial charge in [0.15, 0.2) is 0 Å². The fraction of sp³-hybridized carbons (Fsp3) is 0.625. The van der Waals surface area contributed by atoms with Crippen molar-refractivity contribution in [1.29, 1.82) is 0 Å². The highest BCUT2D eigenvalue weighted by Gasteiger charge is 2.32. The van der Waals surface area contributed by atoms with Gasteiger partial charge in [-0.3, -0.25) is 0 Å². The van der Waals surface area contributed by atoms with Crippen molar-refractivity contribution >= 4 is 11.6 Å². The third-order valence-electron chi connectivity index (χ3n) is 4.73. The van der Waals surface area contributed by atoms with Gasteiger partial charge >= 0.3 is 0 Å². The van der Waals surface area contributed by atoms with Crippen LogP contribution < -0.4 is 5.32 Å². The molecule has 1 aliphatic carbocycles. The molecule has 2 aliphatic rings. The molecule has 0 radical (unpaired) electrons. The van der Waals surface area contributed by atoms with Crippen molar-refractivity contribution in [2.24, 2.45) is 5.92 Å². The van der Waals surface area contributed by atoms with Crippen LogP contribution in [0.5, 0.6) is 0 Å². The zero-order chi connectivity index (χ0) is 12.4. The summed E-state index contributed by atoms with van der Waals surface area (Å²) in [6, 6.07) is 9.07. The molecule has 1 N–H and O–H groups in total. The number of halogens is 1. The molecule has 1 saturated carbocycles. The van der Waals surface area contributed by atoms with Gasteiger partial charge in [0.05, 0.1) is 0 Å². The molecular formula is C16H22ClN. The topological polar surface area (TPSA) is 12.0 Å². The monoisotopic (exact) mass is 263 g/mol. The zero-order valence-corrected chi connectivity index (χ0v) is 11.6. The molecule has 1 heterocycles. The van der Waals surface area contributed by atoms with Crippen molar-refractivity contribution in [3.05, 3.63) is 34.9 Å². The summed E-state index contributed by atoms with van der Waals surface area (Å²) in [5.74, 6) is 1.52. The smallest absolute Gasteiger partial charge is 0.0441 e. The molecule has 2 fully saturated rings. The predicted octanol–water partition coefficient (Wildman–Crippen LogP) is 4.37. The summed E-state index contributed by atoms with van der Waals surface area (Å²) >= 11 is 6.31. The van der Waals surface area contributed by atoms with E-state index < -0.39 is 0 Å². The first-order valence-corrected chi connectivity index (χ1v) is 7.70. The van der Waals surface area contributed by atoms with Crippen LogP contribution in [0.3, 0.4) is 0 Å². The lowest BCUT2D eigenvalue weighted by Crippen LogP contribution is -2.31. The summed E-state index contributed by atoms with van der Waals surface area (Å²) in [6.45, 7) is 1.10. The van der Waals surface area contributed by atoms with Crippen molar-refractivity contribution in [2.45, 2.75) is 50.5 Å². The van der Waals surface area contributed by atoms with Crippen LogP contribution in [0.15, 0.2) is 24.3 Å². The molecule has 2 heteroatoms. The third kappa shape index (κ3) is 2.57. The van der Waals surface area contributed by atoms with Crippen molar-refractivity contribution in [3.8, 4) is 0 Å². The number of rotatable bonds is 2. The summed E-state index contributed by atoms with van der Waals surface area (Å²) in [5.41, 5.74) is 1.34. The fourth-order valence-corrected chi connectivity index (χ4v) is 4.00. The van der Waals surface area contributed by atoms with E-state index in [9.17, 15) is 0 Å². The summed E-state index contributed by atoms with van der Waals surface area (Å²) in [6.07, 6.45) is 8.42. The Morgan fingerprint density at radius 1 is 1.06 bits per heavy atom. The number of benzene rings is 1. The quantitative estimate of drug-likeness (QED) is 0.836. The molecule has 0 bridgehead atoms. The van der Waals surface area contributed by atoms with Gasteiger partial charge in [-0.2, -0.15) is 0 Å². The Labute approximate surface area is 115 Å². The van der Waals surface area contributed by atoms with Crippen LogP contribution >= 0.6 is 11.6 Å². The lowest BCUT2D eigenvalue weighted by Gasteiger charge is -2.27. The van der Waals surface area contributed by atoms with Crippen LogP contribution in [0.2, 0.25) is 5.02 Å². The minimum Gasteiger partial charge on any atom is -0.313 e. The van der Waals surface area contributed by atoms with Gasteiger partial charge in [0, 0.05) is 17.6 Å². The molecular weight excluding hydrogens is 242 g/mol. The van der Waals surface area contributed by atoms with E-state index in [2.05, 4.69) is 17.4 Å². The van der Waals surface area contributed by atoms with Crippen LogP contribution in [0.25, 0.3) is 0 Å². The maximum atomic E-state index is 6.31. The van der Waals surface area contributed by atoms with Gasteiger partial charge in [0.25, 0.3) is 0 Å². The molecule has 0 aromatic heterocycles. The first kappa shape index (κ1) is 12.5. The van der Waals surface area contributed by atoms with E-state index in [4.69, 9.17) is 11.6 Å². The van der Waals surface area contributed by atoms with Crippen LogP contribution in [0.1, 0.15) is 50.0 Å². The Morgan fingerprint density at radius 2 is 1.83 bits per heavy atom. The van der Waals surface area contributed by atoms with E-state index in [-0.39, 0.29) is 0 Å². The average Bonchev–Trinajstić information content (AvgIpc) is 2.90. The van der Waals surface area contributed by atoms with Gasteiger partial charge in [0.2, 0.25) is 0 Å². The van der Waals surface area contributed by atoms with E-state index in [0.29, 0.717) is 5.92 Å². The van der Waals surface area contributed by atoms with Crippen LogP contribution in [0.4, 0.5) is 0 Å². The molecule has 3 rings (SSSR count). The fourth-order valence-electron chi connectivity index (χ4n) is 3.71. The minimum atomic E-state index is 0.616. The van der Waals surface area contributed by atoms with Crippen molar-refractivity contribution in [1.82, 2.24) is 5.32 Å². The van der Waals surface area contributed by atoms with Gasteiger partial charge in [0.1, 0.15) is 0 Å². The second-order valence-electron chi connectivity index (χ2n) is 5.87. The van der Waals surface area contributed by atoms with Gasteiger partial charge in [-0.1, -0.05) is 49.1 Å². The molecule has 2 unspecified atom stereocenters. The summed E-state index contributed by atoms with van der Waals surface area (Å²) < 4.78 is 0. The Balaban J connectivity index is 1.66. The van der Waals surface area contributed by atoms with E-state index in [0.717, 1.165) is 23.5 Å². The van der Waals surface area contributed by atoms with Gasteiger partial charge in [-0.05, 0) is 42.7 Å². The van der Waals surface area contributed by atoms with Crippen molar-refractivity contribution in [3.63, 3.8) is 0 Å². The van der Waals surface area contributed by atoms with Gasteiger partial charge in [-0.15, -0.1) is 0 Å². The van der Waals surface area contributed by atoms with Crippen LogP contribution in [0, 0.1) is 5.92 Å². The van der Waals surface area contributed by atoms with Crippen LogP contribution in [-0.4, -0.2) is 12.6 Å². The van der Waals surface area contributed by atoms with Crippen LogP contribution in [-0.2, 0) is 0 Å². The van der Waals surface area contributed by atoms with E-state index in [1.807, 2.05) is 12.1 Å². The van der Waals surface area contributed by atoms with Gasteiger partial charge in [-0.25, -0.2) is 0 Å². The number of nitrogens with one attached hydrogen (secondary N) is 1. The normalized spacial score (nSPS) is 29.6. The maximum Gasteiger partial charge on any atom is 0.0441 e. The third-order valence-corrected chi connectivity index (χ3v) is 5.07. The van der Waals surface area contributed by atoms with E-state index >= 15 is 0 Å². The highest BCUT2D eigenvalue weighted by molar-refractivity contribution is 6.31. The second-order valence-corrected chi connectivity index (χ2v) is 6.27. The van der Waals surface area contributed by atoms with E-state index in [1.165, 1.54) is 44.1 Å². The van der Waals surface area contributed by atoms with Crippen molar-refractivity contribution in [2.75, 3.05) is 6.54 Å². The lowest BCUT2D eigenvalue weighted by molar-refractivity contribution is 0.286. The Bertz CT molecular complexity index is 398. The Morgan fingerprint density at radius 3 is 2.61 bits per heavy atom. The van der Waals surface area contributed by atoms with E-state index in [1.54, 1.807) is 0 Å². The molecule has 98 valence electrons. The van der Waals surface area contributed by atoms with Crippen molar-refractivity contribution < 1.29 is 0 Å². The standard InChI is InChI=1S/C16H22ClN/c17-15-9-5-4-8-14(15)13-10-16(18-11-13)12-6-2-1-3-7-12/h4-5,8-9,12-13,16,18H,1-3,6-7,10-11H2. The molecule has 1 aromatic rings. The lowest BCUT2D eigenvalue weighted by atomic mass is 9.82. The number of hydrogen-bond acceptors (Lipinski definition) is 1. The molecule has 2 atom stereocenters. The maximum absolute atomic E-state index is 6.31. The Kier molecular flexibility index (Phi) is 3.91. The first-order chi connectivity index (χ1) is 8.84. The number of hydrogen-bond donors (Lipinski definition) is 1. The molecule has 1 aromatic carbocycles. The summed E-state index contributed by atoms with van der Waals surface area (Å²) in [7, 11) is 0. The first-order valence-electron chi connectivity index (χ1n) is 7.32. The minimum absolute atomic E-state index is 0.616. The molecule has 18 heavy (non-hydrogen) atoms. The zero-order valence-electron chi connectivity index (χ0n) is 10.9. The summed E-state index contributed by atoms with van der Waals surface area (Å²) in [4.78, 5) is 0. The SMILES string of the molecule is Clc1ccccc1C1CNC(C2CCCCC2)C1. The average molecular weight is 264 g/mol. The molecule has 0 spiro atoms. The predicted molar refractivity (Wildman–Crippen MR) is 77.2 cm³/mol. The molecule has 1 nitrogen and oxygen atoms in total. The molecule has 1 aliphatic heterocycles.